The molecule has 0 fully saturated rings. The third-order valence-corrected chi connectivity index (χ3v) is 4.51. The maximum absolute atomic E-state index is 6.02. The fraction of sp³-hybridized carbons (Fsp3) is 0.222. The first-order valence-electron chi connectivity index (χ1n) is 8.02. The highest BCUT2D eigenvalue weighted by Crippen LogP contribution is 2.24. The molecule has 0 unspecified atom stereocenters. The number of aryl methyl sites for hydroxylation is 1. The van der Waals surface area contributed by atoms with Crippen LogP contribution in [0.2, 0.25) is 0 Å². The smallest absolute Gasteiger partial charge is 0.214 e. The Hall–Kier alpha value is -2.12. The summed E-state index contributed by atoms with van der Waals surface area (Å²) in [6.07, 6.45) is 0.788. The lowest BCUT2D eigenvalue weighted by atomic mass is 10.2. The molecule has 1 aromatic heterocycles. The molecule has 0 aliphatic rings. The topological polar surface area (TPSA) is 54.9 Å². The van der Waals surface area contributed by atoms with Gasteiger partial charge in [-0.1, -0.05) is 53.2 Å². The highest BCUT2D eigenvalue weighted by molar-refractivity contribution is 9.10. The molecule has 1 heterocycles. The van der Waals surface area contributed by atoms with E-state index in [0.717, 1.165) is 33.6 Å². The molecule has 5 nitrogen and oxygen atoms in total. The van der Waals surface area contributed by atoms with Crippen LogP contribution in [0.15, 0.2) is 53.0 Å². The molecule has 0 spiro atoms. The van der Waals surface area contributed by atoms with E-state index in [1.54, 1.807) is 4.68 Å². The molecule has 7 heteroatoms. The largest absolute Gasteiger partial charge is 0.489 e. The number of ether oxygens (including phenoxy) is 1. The van der Waals surface area contributed by atoms with Crippen LogP contribution in [-0.4, -0.2) is 14.9 Å². The van der Waals surface area contributed by atoms with Gasteiger partial charge in [0.15, 0.2) is 5.82 Å². The van der Waals surface area contributed by atoms with Gasteiger partial charge in [-0.05, 0) is 36.0 Å². The van der Waals surface area contributed by atoms with Crippen molar-refractivity contribution in [1.82, 2.24) is 14.9 Å². The highest BCUT2D eigenvalue weighted by Gasteiger charge is 2.08. The Labute approximate surface area is 160 Å². The fourth-order valence-corrected chi connectivity index (χ4v) is 3.08. The summed E-state index contributed by atoms with van der Waals surface area (Å²) in [7, 11) is 0. The number of hydrogen-bond donors (Lipinski definition) is 2. The summed E-state index contributed by atoms with van der Waals surface area (Å²) in [4.78, 5) is 0. The van der Waals surface area contributed by atoms with E-state index in [4.69, 9.17) is 17.0 Å². The Morgan fingerprint density at radius 3 is 2.80 bits per heavy atom. The van der Waals surface area contributed by atoms with Crippen molar-refractivity contribution in [2.24, 2.45) is 0 Å². The molecule has 0 bridgehead atoms. The fourth-order valence-electron chi connectivity index (χ4n) is 2.46. The molecule has 3 rings (SSSR count). The minimum absolute atomic E-state index is 0.529. The van der Waals surface area contributed by atoms with Crippen molar-refractivity contribution in [2.75, 3.05) is 5.43 Å². The summed E-state index contributed by atoms with van der Waals surface area (Å²) in [6, 6.07) is 16.1. The van der Waals surface area contributed by atoms with E-state index >= 15 is 0 Å². The predicted octanol–water partition coefficient (Wildman–Crippen LogP) is 4.59. The second kappa shape index (κ2) is 8.31. The van der Waals surface area contributed by atoms with Crippen molar-refractivity contribution in [3.63, 3.8) is 0 Å². The van der Waals surface area contributed by atoms with Gasteiger partial charge in [-0.15, -0.1) is 0 Å². The summed E-state index contributed by atoms with van der Waals surface area (Å²) < 4.78 is 9.38. The van der Waals surface area contributed by atoms with Crippen LogP contribution in [0.25, 0.3) is 0 Å². The molecule has 0 amide bonds. The third-order valence-electron chi connectivity index (χ3n) is 3.75. The van der Waals surface area contributed by atoms with Crippen LogP contribution in [0, 0.1) is 4.77 Å². The zero-order valence-corrected chi connectivity index (χ0v) is 16.2. The number of aromatic amines is 1. The lowest BCUT2D eigenvalue weighted by molar-refractivity contribution is 0.303. The van der Waals surface area contributed by atoms with E-state index in [-0.39, 0.29) is 0 Å². The van der Waals surface area contributed by atoms with E-state index in [2.05, 4.69) is 43.7 Å². The van der Waals surface area contributed by atoms with E-state index in [1.807, 2.05) is 43.3 Å². The molecule has 0 aliphatic carbocycles. The second-order valence-corrected chi connectivity index (χ2v) is 6.80. The van der Waals surface area contributed by atoms with Crippen LogP contribution >= 0.6 is 28.1 Å². The minimum atomic E-state index is 0.529. The monoisotopic (exact) mass is 418 g/mol. The first kappa shape index (κ1) is 17.7. The normalized spacial score (nSPS) is 10.6. The molecule has 0 aliphatic heterocycles. The Balaban J connectivity index is 1.75. The van der Waals surface area contributed by atoms with Crippen molar-refractivity contribution in [3.05, 3.63) is 74.7 Å². The van der Waals surface area contributed by atoms with Gasteiger partial charge in [0.1, 0.15) is 12.4 Å². The van der Waals surface area contributed by atoms with Gasteiger partial charge in [-0.25, -0.2) is 4.68 Å². The standard InChI is InChI=1S/C18H19BrN4OS/c1-2-17-21-22-18(25)23(17)20-11-14-10-15(19)8-9-16(14)24-12-13-6-4-3-5-7-13/h3-10,20H,2,11-12H2,1H3,(H,22,25). The first-order valence-corrected chi connectivity index (χ1v) is 9.23. The Kier molecular flexibility index (Phi) is 5.88. The Morgan fingerprint density at radius 2 is 2.04 bits per heavy atom. The molecular formula is C18H19BrN4OS. The number of benzene rings is 2. The summed E-state index contributed by atoms with van der Waals surface area (Å²) in [5.41, 5.74) is 5.48. The molecule has 0 radical (unpaired) electrons. The summed E-state index contributed by atoms with van der Waals surface area (Å²) in [5.74, 6) is 1.71. The zero-order chi connectivity index (χ0) is 17.6. The van der Waals surface area contributed by atoms with E-state index in [0.29, 0.717) is 17.9 Å². The lowest BCUT2D eigenvalue weighted by Gasteiger charge is -2.14. The summed E-state index contributed by atoms with van der Waals surface area (Å²) in [6.45, 7) is 3.14. The molecule has 3 aromatic rings. The van der Waals surface area contributed by atoms with Gasteiger partial charge in [0.05, 0.1) is 6.54 Å². The zero-order valence-electron chi connectivity index (χ0n) is 13.8. The third kappa shape index (κ3) is 4.49. The van der Waals surface area contributed by atoms with Crippen molar-refractivity contribution >= 4 is 28.1 Å². The van der Waals surface area contributed by atoms with Crippen LogP contribution in [0.1, 0.15) is 23.9 Å². The van der Waals surface area contributed by atoms with Gasteiger partial charge in [-0.2, -0.15) is 5.10 Å². The van der Waals surface area contributed by atoms with Crippen molar-refractivity contribution in [3.8, 4) is 5.75 Å². The second-order valence-electron chi connectivity index (χ2n) is 5.50. The van der Waals surface area contributed by atoms with Crippen LogP contribution < -0.4 is 10.2 Å². The average Bonchev–Trinajstić information content (AvgIpc) is 2.99. The van der Waals surface area contributed by atoms with Crippen LogP contribution in [0.5, 0.6) is 5.75 Å². The molecule has 0 atom stereocenters. The molecular weight excluding hydrogens is 400 g/mol. The predicted molar refractivity (Wildman–Crippen MR) is 105 cm³/mol. The molecule has 25 heavy (non-hydrogen) atoms. The number of rotatable bonds is 7. The number of nitrogens with one attached hydrogen (secondary N) is 2. The Morgan fingerprint density at radius 1 is 1.24 bits per heavy atom. The molecule has 130 valence electrons. The van der Waals surface area contributed by atoms with Crippen molar-refractivity contribution in [1.29, 1.82) is 0 Å². The van der Waals surface area contributed by atoms with Gasteiger partial charge >= 0.3 is 0 Å². The number of halogens is 1. The van der Waals surface area contributed by atoms with E-state index in [9.17, 15) is 0 Å². The van der Waals surface area contributed by atoms with Gasteiger partial charge < -0.3 is 10.2 Å². The summed E-state index contributed by atoms with van der Waals surface area (Å²) >= 11 is 8.79. The highest BCUT2D eigenvalue weighted by atomic mass is 79.9. The SMILES string of the molecule is CCc1n[nH]c(=S)n1NCc1cc(Br)ccc1OCc1ccccc1. The maximum atomic E-state index is 6.02. The van der Waals surface area contributed by atoms with Gasteiger partial charge in [-0.3, -0.25) is 5.10 Å². The van der Waals surface area contributed by atoms with E-state index < -0.39 is 0 Å². The lowest BCUT2D eigenvalue weighted by Crippen LogP contribution is -2.17. The van der Waals surface area contributed by atoms with Crippen LogP contribution in [0.3, 0.4) is 0 Å². The number of aromatic nitrogens is 3. The van der Waals surface area contributed by atoms with Gasteiger partial charge in [0, 0.05) is 16.5 Å². The first-order chi connectivity index (χ1) is 12.2. The van der Waals surface area contributed by atoms with Crippen molar-refractivity contribution < 1.29 is 4.74 Å². The van der Waals surface area contributed by atoms with E-state index in [1.165, 1.54) is 0 Å². The molecule has 2 N–H and O–H groups in total. The number of nitrogens with zero attached hydrogens (tertiary/aromatic N) is 2. The quantitative estimate of drug-likeness (QED) is 0.550. The van der Waals surface area contributed by atoms with Crippen LogP contribution in [0.4, 0.5) is 0 Å². The molecule has 0 saturated carbocycles. The van der Waals surface area contributed by atoms with Crippen molar-refractivity contribution in [2.45, 2.75) is 26.5 Å². The average molecular weight is 419 g/mol. The Bertz CT molecular complexity index is 892. The maximum Gasteiger partial charge on any atom is 0.214 e. The number of H-pyrrole nitrogens is 1. The van der Waals surface area contributed by atoms with Gasteiger partial charge in [0.2, 0.25) is 4.77 Å². The number of hydrogen-bond acceptors (Lipinski definition) is 4. The van der Waals surface area contributed by atoms with Crippen LogP contribution in [-0.2, 0) is 19.6 Å². The molecule has 2 aromatic carbocycles. The summed E-state index contributed by atoms with van der Waals surface area (Å²) in [5, 5.41) is 7.02. The molecule has 0 saturated heterocycles. The minimum Gasteiger partial charge on any atom is -0.489 e. The van der Waals surface area contributed by atoms with Gasteiger partial charge in [0.25, 0.3) is 0 Å².